The predicted octanol–water partition coefficient (Wildman–Crippen LogP) is 1.72. The third-order valence-electron chi connectivity index (χ3n) is 3.54. The molecule has 0 heterocycles. The van der Waals surface area contributed by atoms with Gasteiger partial charge in [0.15, 0.2) is 0 Å². The second-order valence-electron chi connectivity index (χ2n) is 5.69. The third-order valence-corrected chi connectivity index (χ3v) is 3.67. The van der Waals surface area contributed by atoms with Crippen LogP contribution in [0.2, 0.25) is 0 Å². The molecular weight excluding hydrogens is 248 g/mol. The first-order valence-electron chi connectivity index (χ1n) is 6.47. The van der Waals surface area contributed by atoms with E-state index in [-0.39, 0.29) is 5.97 Å². The van der Waals surface area contributed by atoms with Gasteiger partial charge < -0.3 is 10.5 Å². The van der Waals surface area contributed by atoms with Crippen molar-refractivity contribution in [1.29, 1.82) is 0 Å². The second kappa shape index (κ2) is 6.48. The molecule has 0 aromatic rings. The summed E-state index contributed by atoms with van der Waals surface area (Å²) in [5, 5.41) is 0. The number of esters is 1. The van der Waals surface area contributed by atoms with E-state index in [1.54, 1.807) is 0 Å². The van der Waals surface area contributed by atoms with Gasteiger partial charge in [-0.1, -0.05) is 25.1 Å². The van der Waals surface area contributed by atoms with Crippen molar-refractivity contribution in [2.45, 2.75) is 45.6 Å². The molecule has 1 fully saturated rings. The number of nitrogens with two attached hydrogens (primary N) is 1. The molecule has 0 aromatic carbocycles. The molecule has 0 amide bonds. The van der Waals surface area contributed by atoms with Crippen LogP contribution in [0.5, 0.6) is 0 Å². The first-order chi connectivity index (χ1) is 8.36. The molecule has 0 aromatic heterocycles. The third kappa shape index (κ3) is 4.21. The van der Waals surface area contributed by atoms with Crippen LogP contribution >= 0.6 is 12.2 Å². The monoisotopic (exact) mass is 272 g/mol. The molecule has 1 aliphatic rings. The summed E-state index contributed by atoms with van der Waals surface area (Å²) in [7, 11) is 1.43. The van der Waals surface area contributed by atoms with Gasteiger partial charge in [0.25, 0.3) is 0 Å². The van der Waals surface area contributed by atoms with E-state index >= 15 is 0 Å². The van der Waals surface area contributed by atoms with Crippen molar-refractivity contribution in [1.82, 2.24) is 4.90 Å². The van der Waals surface area contributed by atoms with Crippen LogP contribution in [0.25, 0.3) is 0 Å². The predicted molar refractivity (Wildman–Crippen MR) is 76.4 cm³/mol. The number of carbonyl (C=O) groups excluding carboxylic acids is 1. The molecule has 5 heteroatoms. The minimum absolute atomic E-state index is 0.187. The zero-order valence-electron chi connectivity index (χ0n) is 11.6. The molecule has 0 aliphatic heterocycles. The minimum Gasteiger partial charge on any atom is -0.469 e. The van der Waals surface area contributed by atoms with E-state index in [4.69, 9.17) is 22.7 Å². The van der Waals surface area contributed by atoms with Gasteiger partial charge in [0.2, 0.25) is 0 Å². The van der Waals surface area contributed by atoms with Crippen molar-refractivity contribution in [3.8, 4) is 0 Å². The van der Waals surface area contributed by atoms with Crippen molar-refractivity contribution in [3.63, 3.8) is 0 Å². The first-order valence-corrected chi connectivity index (χ1v) is 6.88. The van der Waals surface area contributed by atoms with Crippen LogP contribution in [0, 0.1) is 5.41 Å². The molecule has 4 nitrogen and oxygen atoms in total. The van der Waals surface area contributed by atoms with E-state index in [0.29, 0.717) is 24.1 Å². The van der Waals surface area contributed by atoms with Crippen LogP contribution in [-0.2, 0) is 9.53 Å². The summed E-state index contributed by atoms with van der Waals surface area (Å²) in [4.78, 5) is 14.5. The van der Waals surface area contributed by atoms with Crippen LogP contribution in [0.15, 0.2) is 0 Å². The largest absolute Gasteiger partial charge is 0.469 e. The lowest BCUT2D eigenvalue weighted by molar-refractivity contribution is -0.152. The average molecular weight is 272 g/mol. The number of hydrogen-bond acceptors (Lipinski definition) is 4. The number of thiocarbonyl (C=S) groups is 1. The Morgan fingerprint density at radius 1 is 1.44 bits per heavy atom. The van der Waals surface area contributed by atoms with Gasteiger partial charge >= 0.3 is 5.97 Å². The number of rotatable bonds is 6. The van der Waals surface area contributed by atoms with Gasteiger partial charge in [0.05, 0.1) is 17.5 Å². The summed E-state index contributed by atoms with van der Waals surface area (Å²) in [6.07, 6.45) is 4.83. The lowest BCUT2D eigenvalue weighted by Crippen LogP contribution is -2.47. The maximum absolute atomic E-state index is 11.8. The Bertz CT molecular complexity index is 312. The molecule has 0 spiro atoms. The molecule has 1 aliphatic carbocycles. The van der Waals surface area contributed by atoms with E-state index in [1.807, 2.05) is 13.8 Å². The zero-order valence-corrected chi connectivity index (χ0v) is 12.4. The molecule has 104 valence electrons. The van der Waals surface area contributed by atoms with Gasteiger partial charge in [-0.3, -0.25) is 9.69 Å². The molecule has 0 radical (unpaired) electrons. The molecule has 0 saturated heterocycles. The summed E-state index contributed by atoms with van der Waals surface area (Å²) >= 11 is 5.01. The smallest absolute Gasteiger partial charge is 0.312 e. The maximum atomic E-state index is 11.8. The standard InChI is InChI=1S/C13H24N2O2S/c1-13(2,12(16)17-3)9-15(8-11(14)18)10-6-4-5-7-10/h10H,4-9H2,1-3H3,(H2,14,18). The summed E-state index contributed by atoms with van der Waals surface area (Å²) < 4.78 is 4.85. The number of ether oxygens (including phenoxy) is 1. The number of methoxy groups -OCH3 is 1. The summed E-state index contributed by atoms with van der Waals surface area (Å²) in [6, 6.07) is 0.496. The van der Waals surface area contributed by atoms with E-state index in [1.165, 1.54) is 32.8 Å². The van der Waals surface area contributed by atoms with Gasteiger partial charge in [-0.25, -0.2) is 0 Å². The van der Waals surface area contributed by atoms with Gasteiger partial charge in [0.1, 0.15) is 0 Å². The summed E-state index contributed by atoms with van der Waals surface area (Å²) in [5.41, 5.74) is 5.14. The first kappa shape index (κ1) is 15.4. The van der Waals surface area contributed by atoms with E-state index in [9.17, 15) is 4.79 Å². The summed E-state index contributed by atoms with van der Waals surface area (Å²) in [5.74, 6) is -0.187. The van der Waals surface area contributed by atoms with Gasteiger partial charge in [-0.2, -0.15) is 0 Å². The molecule has 2 N–H and O–H groups in total. The highest BCUT2D eigenvalue weighted by atomic mass is 32.1. The Balaban J connectivity index is 2.70. The minimum atomic E-state index is -0.526. The fourth-order valence-corrected chi connectivity index (χ4v) is 2.80. The van der Waals surface area contributed by atoms with Crippen molar-refractivity contribution in [2.75, 3.05) is 20.2 Å². The fraction of sp³-hybridized carbons (Fsp3) is 0.846. The molecule has 0 bridgehead atoms. The van der Waals surface area contributed by atoms with E-state index in [2.05, 4.69) is 4.90 Å². The molecular formula is C13H24N2O2S. The molecule has 1 rings (SSSR count). The Hall–Kier alpha value is -0.680. The van der Waals surface area contributed by atoms with Crippen LogP contribution in [0.1, 0.15) is 39.5 Å². The Labute approximate surface area is 115 Å². The normalized spacial score (nSPS) is 17.1. The van der Waals surface area contributed by atoms with Gasteiger partial charge in [-0.05, 0) is 26.7 Å². The second-order valence-corrected chi connectivity index (χ2v) is 6.21. The van der Waals surface area contributed by atoms with Crippen molar-refractivity contribution in [2.24, 2.45) is 11.1 Å². The number of hydrogen-bond donors (Lipinski definition) is 1. The van der Waals surface area contributed by atoms with Crippen LogP contribution in [0.3, 0.4) is 0 Å². The highest BCUT2D eigenvalue weighted by Gasteiger charge is 2.34. The maximum Gasteiger partial charge on any atom is 0.312 e. The highest BCUT2D eigenvalue weighted by Crippen LogP contribution is 2.27. The zero-order chi connectivity index (χ0) is 13.8. The SMILES string of the molecule is COC(=O)C(C)(C)CN(CC(N)=S)C1CCCC1. The Morgan fingerprint density at radius 3 is 2.44 bits per heavy atom. The van der Waals surface area contributed by atoms with Gasteiger partial charge in [-0.15, -0.1) is 0 Å². The Kier molecular flexibility index (Phi) is 5.53. The van der Waals surface area contributed by atoms with E-state index in [0.717, 1.165) is 0 Å². The van der Waals surface area contributed by atoms with Crippen LogP contribution in [-0.4, -0.2) is 42.1 Å². The van der Waals surface area contributed by atoms with E-state index < -0.39 is 5.41 Å². The van der Waals surface area contributed by atoms with Crippen molar-refractivity contribution >= 4 is 23.2 Å². The number of nitrogens with zero attached hydrogens (tertiary/aromatic N) is 1. The highest BCUT2D eigenvalue weighted by molar-refractivity contribution is 7.80. The topological polar surface area (TPSA) is 55.6 Å². The fourth-order valence-electron chi connectivity index (χ4n) is 2.63. The van der Waals surface area contributed by atoms with Crippen LogP contribution < -0.4 is 5.73 Å². The van der Waals surface area contributed by atoms with Crippen molar-refractivity contribution in [3.05, 3.63) is 0 Å². The summed E-state index contributed by atoms with van der Waals surface area (Å²) in [6.45, 7) is 5.03. The van der Waals surface area contributed by atoms with Crippen LogP contribution in [0.4, 0.5) is 0 Å². The lowest BCUT2D eigenvalue weighted by atomic mass is 9.92. The average Bonchev–Trinajstić information content (AvgIpc) is 2.79. The molecule has 0 atom stereocenters. The molecule has 0 unspecified atom stereocenters. The van der Waals surface area contributed by atoms with Gasteiger partial charge in [0, 0.05) is 19.1 Å². The molecule has 18 heavy (non-hydrogen) atoms. The number of carbonyl (C=O) groups is 1. The quantitative estimate of drug-likeness (QED) is 0.589. The molecule has 1 saturated carbocycles. The Morgan fingerprint density at radius 2 is 2.00 bits per heavy atom. The lowest BCUT2D eigenvalue weighted by Gasteiger charge is -2.34. The van der Waals surface area contributed by atoms with Crippen molar-refractivity contribution < 1.29 is 9.53 Å².